The summed E-state index contributed by atoms with van der Waals surface area (Å²) in [7, 11) is 0. The predicted molar refractivity (Wildman–Crippen MR) is 91.1 cm³/mol. The van der Waals surface area contributed by atoms with Crippen molar-refractivity contribution >= 4 is 11.8 Å². The van der Waals surface area contributed by atoms with Crippen LogP contribution >= 0.6 is 0 Å². The van der Waals surface area contributed by atoms with Gasteiger partial charge in [0.05, 0.1) is 0 Å². The van der Waals surface area contributed by atoms with Crippen molar-refractivity contribution in [2.45, 2.75) is 70.8 Å². The van der Waals surface area contributed by atoms with Crippen molar-refractivity contribution in [3.8, 4) is 0 Å². The second-order valence-corrected chi connectivity index (χ2v) is 9.78. The third kappa shape index (κ3) is 2.10. The van der Waals surface area contributed by atoms with E-state index in [1.807, 2.05) is 4.90 Å². The lowest BCUT2D eigenvalue weighted by Crippen LogP contribution is -2.47. The second-order valence-electron chi connectivity index (χ2n) is 9.78. The van der Waals surface area contributed by atoms with E-state index in [9.17, 15) is 9.59 Å². The molecule has 4 saturated carbocycles. The molecule has 4 aliphatic carbocycles. The van der Waals surface area contributed by atoms with Crippen LogP contribution in [0, 0.1) is 28.6 Å². The van der Waals surface area contributed by atoms with Crippen LogP contribution in [0.3, 0.4) is 0 Å². The summed E-state index contributed by atoms with van der Waals surface area (Å²) in [6.07, 6.45) is 11.0. The molecule has 1 aliphatic heterocycles. The van der Waals surface area contributed by atoms with Gasteiger partial charge in [-0.2, -0.15) is 0 Å². The predicted octanol–water partition coefficient (Wildman–Crippen LogP) is 2.72. The van der Waals surface area contributed by atoms with Crippen molar-refractivity contribution in [1.29, 1.82) is 0 Å². The molecular weight excluding hydrogens is 300 g/mol. The third-order valence-corrected chi connectivity index (χ3v) is 8.43. The topological polar surface area (TPSA) is 49.4 Å². The normalized spacial score (nSPS) is 45.9. The van der Waals surface area contributed by atoms with Crippen LogP contribution in [-0.2, 0) is 9.59 Å². The fraction of sp³-hybridized carbons (Fsp3) is 0.900. The number of carbonyl (C=O) groups excluding carboxylic acids is 2. The van der Waals surface area contributed by atoms with E-state index in [1.165, 1.54) is 38.5 Å². The van der Waals surface area contributed by atoms with E-state index < -0.39 is 0 Å². The van der Waals surface area contributed by atoms with E-state index >= 15 is 0 Å². The molecule has 132 valence electrons. The molecule has 1 saturated heterocycles. The SMILES string of the molecule is CC(=O)N1CCC(NC(=O)CC23CC4CC5CC(C2)C5(C4)C3)CC1. The van der Waals surface area contributed by atoms with E-state index in [-0.39, 0.29) is 17.9 Å². The summed E-state index contributed by atoms with van der Waals surface area (Å²) in [6, 6.07) is 0.272. The fourth-order valence-electron chi connectivity index (χ4n) is 7.70. The van der Waals surface area contributed by atoms with Crippen molar-refractivity contribution in [2.75, 3.05) is 13.1 Å². The van der Waals surface area contributed by atoms with E-state index in [1.54, 1.807) is 6.92 Å². The van der Waals surface area contributed by atoms with Crippen molar-refractivity contribution in [3.63, 3.8) is 0 Å². The van der Waals surface area contributed by atoms with Gasteiger partial charge in [0.1, 0.15) is 0 Å². The average molecular weight is 330 g/mol. The van der Waals surface area contributed by atoms with E-state index in [0.29, 0.717) is 10.8 Å². The van der Waals surface area contributed by atoms with Gasteiger partial charge in [-0.15, -0.1) is 0 Å². The zero-order valence-corrected chi connectivity index (χ0v) is 14.9. The van der Waals surface area contributed by atoms with Gasteiger partial charge in [-0.25, -0.2) is 0 Å². The summed E-state index contributed by atoms with van der Waals surface area (Å²) in [5.74, 6) is 3.32. The molecule has 2 amide bonds. The first-order chi connectivity index (χ1) is 11.5. The minimum absolute atomic E-state index is 0.159. The Morgan fingerprint density at radius 2 is 1.88 bits per heavy atom. The van der Waals surface area contributed by atoms with Crippen LogP contribution < -0.4 is 5.32 Å². The second kappa shape index (κ2) is 4.98. The summed E-state index contributed by atoms with van der Waals surface area (Å²) >= 11 is 0. The smallest absolute Gasteiger partial charge is 0.220 e. The third-order valence-electron chi connectivity index (χ3n) is 8.43. The molecule has 5 atom stereocenters. The summed E-state index contributed by atoms with van der Waals surface area (Å²) in [5.41, 5.74) is 1.01. The van der Waals surface area contributed by atoms with Crippen LogP contribution in [0.25, 0.3) is 0 Å². The van der Waals surface area contributed by atoms with Crippen LogP contribution in [0.2, 0.25) is 0 Å². The van der Waals surface area contributed by atoms with Gasteiger partial charge in [0.25, 0.3) is 0 Å². The van der Waals surface area contributed by atoms with Crippen LogP contribution in [0.1, 0.15) is 64.7 Å². The molecule has 1 heterocycles. The molecule has 0 radical (unpaired) electrons. The highest BCUT2D eigenvalue weighted by atomic mass is 16.2. The van der Waals surface area contributed by atoms with Crippen LogP contribution in [-0.4, -0.2) is 35.8 Å². The van der Waals surface area contributed by atoms with E-state index in [4.69, 9.17) is 0 Å². The Bertz CT molecular complexity index is 578. The minimum Gasteiger partial charge on any atom is -0.353 e. The number of amides is 2. The van der Waals surface area contributed by atoms with Gasteiger partial charge in [0.2, 0.25) is 11.8 Å². The van der Waals surface area contributed by atoms with Gasteiger partial charge in [-0.05, 0) is 80.0 Å². The minimum atomic E-state index is 0.159. The van der Waals surface area contributed by atoms with Crippen molar-refractivity contribution in [1.82, 2.24) is 10.2 Å². The molecule has 24 heavy (non-hydrogen) atoms. The van der Waals surface area contributed by atoms with Crippen LogP contribution in [0.5, 0.6) is 0 Å². The molecule has 5 aliphatic rings. The van der Waals surface area contributed by atoms with Gasteiger partial charge in [-0.3, -0.25) is 9.59 Å². The lowest BCUT2D eigenvalue weighted by atomic mass is 9.55. The van der Waals surface area contributed by atoms with E-state index in [0.717, 1.165) is 50.1 Å². The molecular formula is C20H30N2O2. The number of rotatable bonds is 3. The number of likely N-dealkylation sites (tertiary alicyclic amines) is 1. The first-order valence-electron chi connectivity index (χ1n) is 10.0. The quantitative estimate of drug-likeness (QED) is 0.865. The van der Waals surface area contributed by atoms with Crippen LogP contribution in [0.15, 0.2) is 0 Å². The first-order valence-corrected chi connectivity index (χ1v) is 10.0. The number of hydrogen-bond donors (Lipinski definition) is 1. The number of nitrogens with one attached hydrogen (secondary N) is 1. The first kappa shape index (κ1) is 15.2. The monoisotopic (exact) mass is 330 g/mol. The highest BCUT2D eigenvalue weighted by Crippen LogP contribution is 2.79. The summed E-state index contributed by atoms with van der Waals surface area (Å²) < 4.78 is 0. The van der Waals surface area contributed by atoms with Crippen molar-refractivity contribution in [3.05, 3.63) is 0 Å². The van der Waals surface area contributed by atoms with E-state index in [2.05, 4.69) is 5.32 Å². The molecule has 5 rings (SSSR count). The van der Waals surface area contributed by atoms with Crippen molar-refractivity contribution in [2.24, 2.45) is 28.6 Å². The number of hydrogen-bond acceptors (Lipinski definition) is 2. The number of nitrogens with zero attached hydrogens (tertiary/aromatic N) is 1. The van der Waals surface area contributed by atoms with Gasteiger partial charge in [-0.1, -0.05) is 0 Å². The molecule has 1 N–H and O–H groups in total. The average Bonchev–Trinajstić information content (AvgIpc) is 2.83. The maximum Gasteiger partial charge on any atom is 0.220 e. The molecule has 5 unspecified atom stereocenters. The zero-order valence-electron chi connectivity index (χ0n) is 14.9. The highest BCUT2D eigenvalue weighted by molar-refractivity contribution is 5.77. The van der Waals surface area contributed by atoms with Gasteiger partial charge >= 0.3 is 0 Å². The zero-order chi connectivity index (χ0) is 16.5. The number of piperidine rings is 1. The molecule has 5 fully saturated rings. The largest absolute Gasteiger partial charge is 0.353 e. The molecule has 3 bridgehead atoms. The molecule has 4 nitrogen and oxygen atoms in total. The maximum atomic E-state index is 12.7. The van der Waals surface area contributed by atoms with Crippen LogP contribution in [0.4, 0.5) is 0 Å². The standard InChI is InChI=1S/C20H30N2O2/c1-13(23)22-4-2-17(3-5-22)21-18(24)11-19-8-14-6-15-7-16(10-19)20(15,9-14)12-19/h14-17H,2-12H2,1H3,(H,21,24). The Hall–Kier alpha value is -1.06. The highest BCUT2D eigenvalue weighted by Gasteiger charge is 2.70. The van der Waals surface area contributed by atoms with Gasteiger partial charge in [0.15, 0.2) is 0 Å². The lowest BCUT2D eigenvalue weighted by Gasteiger charge is -2.49. The molecule has 1 spiro atoms. The Morgan fingerprint density at radius 3 is 2.62 bits per heavy atom. The molecule has 0 aromatic rings. The Balaban J connectivity index is 1.19. The summed E-state index contributed by atoms with van der Waals surface area (Å²) in [6.45, 7) is 3.22. The number of fused-ring (bicyclic) bond motifs is 2. The Kier molecular flexibility index (Phi) is 3.16. The van der Waals surface area contributed by atoms with Crippen molar-refractivity contribution < 1.29 is 9.59 Å². The molecule has 0 aromatic carbocycles. The molecule has 4 heteroatoms. The Morgan fingerprint density at radius 1 is 1.08 bits per heavy atom. The lowest BCUT2D eigenvalue weighted by molar-refractivity contribution is -0.130. The summed E-state index contributed by atoms with van der Waals surface area (Å²) in [5, 5.41) is 3.30. The number of carbonyl (C=O) groups is 2. The molecule has 0 aromatic heterocycles. The van der Waals surface area contributed by atoms with Gasteiger partial charge < -0.3 is 10.2 Å². The fourth-order valence-corrected chi connectivity index (χ4v) is 7.70. The van der Waals surface area contributed by atoms with Gasteiger partial charge in [0, 0.05) is 32.5 Å². The summed E-state index contributed by atoms with van der Waals surface area (Å²) in [4.78, 5) is 26.1. The maximum absolute atomic E-state index is 12.7. The Labute approximate surface area is 144 Å².